The number of fused-ring (bicyclic) bond motifs is 2. The van der Waals surface area contributed by atoms with Crippen LogP contribution in [0.25, 0.3) is 27.5 Å². The summed E-state index contributed by atoms with van der Waals surface area (Å²) in [6, 6.07) is 21.3. The summed E-state index contributed by atoms with van der Waals surface area (Å²) in [5.41, 5.74) is 6.88. The van der Waals surface area contributed by atoms with Gasteiger partial charge in [0, 0.05) is 40.4 Å². The lowest BCUT2D eigenvalue weighted by Crippen LogP contribution is -2.21. The minimum atomic E-state index is -0.194. The molecule has 1 aromatic heterocycles. The summed E-state index contributed by atoms with van der Waals surface area (Å²) < 4.78 is 0. The third kappa shape index (κ3) is 4.29. The number of carbonyl (C=O) groups excluding carboxylic acids is 1. The maximum Gasteiger partial charge on any atom is 0.256 e. The number of halogens is 1. The molecule has 0 bridgehead atoms. The fourth-order valence-electron chi connectivity index (χ4n) is 4.62. The van der Waals surface area contributed by atoms with Crippen molar-refractivity contribution in [1.29, 1.82) is 0 Å². The summed E-state index contributed by atoms with van der Waals surface area (Å²) in [4.78, 5) is 17.2. The molecule has 0 unspecified atom stereocenters. The van der Waals surface area contributed by atoms with Gasteiger partial charge in [0.15, 0.2) is 0 Å². The Balaban J connectivity index is 1.47. The maximum atomic E-state index is 13.2. The highest BCUT2D eigenvalue weighted by molar-refractivity contribution is 6.36. The normalized spacial score (nSPS) is 11.2. The van der Waals surface area contributed by atoms with Gasteiger partial charge in [-0.05, 0) is 86.7 Å². The first kappa shape index (κ1) is 23.8. The smallest absolute Gasteiger partial charge is 0.256 e. The van der Waals surface area contributed by atoms with Gasteiger partial charge in [-0.1, -0.05) is 35.9 Å². The van der Waals surface area contributed by atoms with Crippen LogP contribution in [-0.4, -0.2) is 34.0 Å². The number of aromatic nitrogens is 3. The number of nitrogens with zero attached hydrogens (tertiary/aromatic N) is 4. The average molecular weight is 498 g/mol. The van der Waals surface area contributed by atoms with Crippen molar-refractivity contribution in [2.24, 2.45) is 0 Å². The lowest BCUT2D eigenvalue weighted by Gasteiger charge is -2.22. The van der Waals surface area contributed by atoms with Crippen molar-refractivity contribution in [3.05, 3.63) is 88.4 Å². The standard InChI is InChI=1S/C29H28ClN5O/c1-5-34(6-2)20-13-14-28(19(4)15-20)35-32-26-16-18(3)25(17-27(26)33-35)31-29(36)23-11-7-10-22-21(23)9-8-12-24(22)30/h7-17H,5-6H2,1-4H3,(H,31,36). The molecule has 182 valence electrons. The monoisotopic (exact) mass is 497 g/mol. The lowest BCUT2D eigenvalue weighted by atomic mass is 10.0. The Morgan fingerprint density at radius 1 is 0.889 bits per heavy atom. The summed E-state index contributed by atoms with van der Waals surface area (Å²) in [5, 5.41) is 14.8. The zero-order chi connectivity index (χ0) is 25.4. The van der Waals surface area contributed by atoms with Gasteiger partial charge in [-0.15, -0.1) is 10.2 Å². The quantitative estimate of drug-likeness (QED) is 0.276. The van der Waals surface area contributed by atoms with E-state index in [1.165, 1.54) is 5.69 Å². The maximum absolute atomic E-state index is 13.2. The molecule has 5 rings (SSSR count). The van der Waals surface area contributed by atoms with E-state index in [1.807, 2.05) is 55.5 Å². The van der Waals surface area contributed by atoms with Crippen molar-refractivity contribution in [3.8, 4) is 5.69 Å². The molecule has 0 spiro atoms. The summed E-state index contributed by atoms with van der Waals surface area (Å²) in [5.74, 6) is -0.194. The molecule has 5 aromatic rings. The molecule has 36 heavy (non-hydrogen) atoms. The highest BCUT2D eigenvalue weighted by Crippen LogP contribution is 2.28. The number of anilines is 2. The van der Waals surface area contributed by atoms with E-state index in [0.29, 0.717) is 21.8 Å². The van der Waals surface area contributed by atoms with E-state index < -0.39 is 0 Å². The van der Waals surface area contributed by atoms with Gasteiger partial charge in [-0.25, -0.2) is 0 Å². The van der Waals surface area contributed by atoms with Crippen LogP contribution in [0.15, 0.2) is 66.7 Å². The molecule has 1 amide bonds. The first-order valence-corrected chi connectivity index (χ1v) is 12.5. The predicted octanol–water partition coefficient (Wildman–Crippen LogP) is 6.94. The van der Waals surface area contributed by atoms with Crippen LogP contribution in [0.3, 0.4) is 0 Å². The molecule has 6 nitrogen and oxygen atoms in total. The summed E-state index contributed by atoms with van der Waals surface area (Å²) in [7, 11) is 0. The van der Waals surface area contributed by atoms with Crippen LogP contribution in [0.5, 0.6) is 0 Å². The van der Waals surface area contributed by atoms with E-state index in [0.717, 1.165) is 46.2 Å². The highest BCUT2D eigenvalue weighted by Gasteiger charge is 2.15. The van der Waals surface area contributed by atoms with Crippen molar-refractivity contribution in [3.63, 3.8) is 0 Å². The summed E-state index contributed by atoms with van der Waals surface area (Å²) >= 11 is 6.34. The molecule has 0 atom stereocenters. The molecule has 4 aromatic carbocycles. The van der Waals surface area contributed by atoms with Crippen LogP contribution >= 0.6 is 11.6 Å². The summed E-state index contributed by atoms with van der Waals surface area (Å²) in [6.07, 6.45) is 0. The van der Waals surface area contributed by atoms with Gasteiger partial charge in [0.05, 0.1) is 5.69 Å². The molecule has 1 N–H and O–H groups in total. The first-order chi connectivity index (χ1) is 17.4. The fourth-order valence-corrected chi connectivity index (χ4v) is 4.86. The van der Waals surface area contributed by atoms with Gasteiger partial charge in [-0.3, -0.25) is 4.79 Å². The zero-order valence-corrected chi connectivity index (χ0v) is 21.6. The lowest BCUT2D eigenvalue weighted by molar-refractivity contribution is 0.102. The van der Waals surface area contributed by atoms with Crippen LogP contribution < -0.4 is 10.2 Å². The molecular formula is C29H28ClN5O. The van der Waals surface area contributed by atoms with Crippen LogP contribution in [0.1, 0.15) is 35.3 Å². The number of hydrogen-bond acceptors (Lipinski definition) is 4. The topological polar surface area (TPSA) is 63.1 Å². The largest absolute Gasteiger partial charge is 0.372 e. The third-order valence-corrected chi connectivity index (χ3v) is 6.94. The molecule has 0 aliphatic heterocycles. The Morgan fingerprint density at radius 3 is 2.31 bits per heavy atom. The number of nitrogens with one attached hydrogen (secondary N) is 1. The van der Waals surface area contributed by atoms with Crippen LogP contribution in [0.2, 0.25) is 5.02 Å². The fraction of sp³-hybridized carbons (Fsp3) is 0.207. The van der Waals surface area contributed by atoms with E-state index in [4.69, 9.17) is 21.8 Å². The first-order valence-electron chi connectivity index (χ1n) is 12.1. The molecule has 0 aliphatic carbocycles. The van der Waals surface area contributed by atoms with Crippen LogP contribution in [0, 0.1) is 13.8 Å². The molecule has 0 saturated heterocycles. The number of rotatable bonds is 6. The van der Waals surface area contributed by atoms with Gasteiger partial charge >= 0.3 is 0 Å². The minimum absolute atomic E-state index is 0.194. The highest BCUT2D eigenvalue weighted by atomic mass is 35.5. The van der Waals surface area contributed by atoms with Crippen molar-refractivity contribution in [2.45, 2.75) is 27.7 Å². The summed E-state index contributed by atoms with van der Waals surface area (Å²) in [6.45, 7) is 10.3. The number of aryl methyl sites for hydroxylation is 2. The van der Waals surface area contributed by atoms with E-state index in [-0.39, 0.29) is 5.91 Å². The van der Waals surface area contributed by atoms with Crippen LogP contribution in [-0.2, 0) is 0 Å². The SMILES string of the molecule is CCN(CC)c1ccc(-n2nc3cc(C)c(NC(=O)c4cccc5c(Cl)cccc45)cc3n2)c(C)c1. The third-order valence-electron chi connectivity index (χ3n) is 6.61. The Bertz CT molecular complexity index is 1600. The predicted molar refractivity (Wildman–Crippen MR) is 149 cm³/mol. The van der Waals surface area contributed by atoms with E-state index in [9.17, 15) is 4.79 Å². The molecule has 0 aliphatic rings. The zero-order valence-electron chi connectivity index (χ0n) is 20.8. The molecule has 0 radical (unpaired) electrons. The Labute approximate surface area is 215 Å². The molecule has 7 heteroatoms. The number of benzene rings is 4. The Kier molecular flexibility index (Phi) is 6.37. The van der Waals surface area contributed by atoms with Crippen molar-refractivity contribution >= 4 is 50.7 Å². The van der Waals surface area contributed by atoms with Gasteiger partial charge < -0.3 is 10.2 Å². The van der Waals surface area contributed by atoms with Gasteiger partial charge in [0.25, 0.3) is 5.91 Å². The molecule has 1 heterocycles. The van der Waals surface area contributed by atoms with Crippen molar-refractivity contribution in [1.82, 2.24) is 15.0 Å². The Morgan fingerprint density at radius 2 is 1.58 bits per heavy atom. The van der Waals surface area contributed by atoms with Gasteiger partial charge in [0.1, 0.15) is 11.0 Å². The minimum Gasteiger partial charge on any atom is -0.372 e. The van der Waals surface area contributed by atoms with E-state index in [2.05, 4.69) is 49.2 Å². The Hall–Kier alpha value is -3.90. The van der Waals surface area contributed by atoms with Crippen molar-refractivity contribution < 1.29 is 4.79 Å². The number of carbonyl (C=O) groups is 1. The molecular weight excluding hydrogens is 470 g/mol. The second-order valence-corrected chi connectivity index (χ2v) is 9.29. The average Bonchev–Trinajstić information content (AvgIpc) is 3.27. The van der Waals surface area contributed by atoms with E-state index in [1.54, 1.807) is 4.80 Å². The van der Waals surface area contributed by atoms with Crippen molar-refractivity contribution in [2.75, 3.05) is 23.3 Å². The molecule has 0 fully saturated rings. The number of amides is 1. The van der Waals surface area contributed by atoms with Gasteiger partial charge in [-0.2, -0.15) is 4.80 Å². The molecule has 0 saturated carbocycles. The number of hydrogen-bond donors (Lipinski definition) is 1. The second-order valence-electron chi connectivity index (χ2n) is 8.88. The van der Waals surface area contributed by atoms with Gasteiger partial charge in [0.2, 0.25) is 0 Å². The second kappa shape index (κ2) is 9.63. The van der Waals surface area contributed by atoms with E-state index >= 15 is 0 Å². The van der Waals surface area contributed by atoms with Crippen LogP contribution in [0.4, 0.5) is 11.4 Å².